The van der Waals surface area contributed by atoms with Crippen LogP contribution in [0.4, 0.5) is 10.5 Å². The van der Waals surface area contributed by atoms with Gasteiger partial charge in [0, 0.05) is 57.9 Å². The number of methoxy groups -OCH3 is 1. The number of carbonyl (C=O) groups is 2. The highest BCUT2D eigenvalue weighted by Gasteiger charge is 2.22. The van der Waals surface area contributed by atoms with Gasteiger partial charge in [-0.15, -0.1) is 0 Å². The fourth-order valence-corrected chi connectivity index (χ4v) is 4.27. The van der Waals surface area contributed by atoms with Gasteiger partial charge in [0.15, 0.2) is 0 Å². The minimum atomic E-state index is -0.381. The number of rotatable bonds is 8. The van der Waals surface area contributed by atoms with Gasteiger partial charge in [0.2, 0.25) is 0 Å². The first kappa shape index (κ1) is 27.7. The van der Waals surface area contributed by atoms with E-state index in [9.17, 15) is 9.59 Å². The maximum Gasteiger partial charge on any atom is 0.321 e. The van der Waals surface area contributed by atoms with E-state index in [-0.39, 0.29) is 33.4 Å². The van der Waals surface area contributed by atoms with Crippen molar-refractivity contribution in [1.29, 1.82) is 0 Å². The number of ether oxygens (including phenoxy) is 3. The molecule has 0 radical (unpaired) electrons. The molecule has 1 fully saturated rings. The number of anilines is 1. The molecule has 4 rings (SSSR count). The minimum Gasteiger partial charge on any atom is -0.491 e. The van der Waals surface area contributed by atoms with E-state index in [4.69, 9.17) is 37.4 Å². The molecule has 0 spiro atoms. The Kier molecular flexibility index (Phi) is 9.11. The molecule has 1 aromatic heterocycles. The molecule has 0 atom stereocenters. The van der Waals surface area contributed by atoms with E-state index < -0.39 is 0 Å². The first-order chi connectivity index (χ1) is 18.3. The van der Waals surface area contributed by atoms with Crippen LogP contribution in [0.25, 0.3) is 10.9 Å². The standard InChI is InChI=1S/C26H29Cl2N5O5/c1-29-25(34)20-15-22(17-5-4-16(14-19(17)30-20)37-13-12-36-3)38-21-7-6-18(23(27)24(21)28)31-26(35)33-10-8-32(2)9-11-33/h4-7,14-15H,8-13H2,1-3H3,(H,29,34)(H,31,35). The number of aromatic nitrogens is 1. The Morgan fingerprint density at radius 1 is 1.00 bits per heavy atom. The topological polar surface area (TPSA) is 105 Å². The minimum absolute atomic E-state index is 0.119. The van der Waals surface area contributed by atoms with Gasteiger partial charge in [0.25, 0.3) is 5.91 Å². The van der Waals surface area contributed by atoms with Crippen LogP contribution in [0.3, 0.4) is 0 Å². The highest BCUT2D eigenvalue weighted by molar-refractivity contribution is 6.44. The molecule has 0 aliphatic carbocycles. The number of fused-ring (bicyclic) bond motifs is 1. The van der Waals surface area contributed by atoms with E-state index in [1.807, 2.05) is 7.05 Å². The van der Waals surface area contributed by atoms with Gasteiger partial charge in [0.05, 0.1) is 22.8 Å². The Bertz CT molecular complexity index is 1330. The number of nitrogens with zero attached hydrogens (tertiary/aromatic N) is 3. The third-order valence-electron chi connectivity index (χ3n) is 6.06. The summed E-state index contributed by atoms with van der Waals surface area (Å²) < 4.78 is 16.8. The molecule has 2 aromatic carbocycles. The predicted molar refractivity (Wildman–Crippen MR) is 147 cm³/mol. The van der Waals surface area contributed by atoms with E-state index in [1.165, 1.54) is 13.1 Å². The van der Waals surface area contributed by atoms with Gasteiger partial charge in [-0.1, -0.05) is 23.2 Å². The lowest BCUT2D eigenvalue weighted by Gasteiger charge is -2.32. The number of piperazine rings is 1. The molecular weight excluding hydrogens is 533 g/mol. The summed E-state index contributed by atoms with van der Waals surface area (Å²) in [5, 5.41) is 6.29. The van der Waals surface area contributed by atoms with Crippen molar-refractivity contribution in [2.45, 2.75) is 0 Å². The third-order valence-corrected chi connectivity index (χ3v) is 6.92. The number of hydrogen-bond donors (Lipinski definition) is 2. The van der Waals surface area contributed by atoms with E-state index in [2.05, 4.69) is 20.5 Å². The summed E-state index contributed by atoms with van der Waals surface area (Å²) in [6.07, 6.45) is 0. The first-order valence-electron chi connectivity index (χ1n) is 12.0. The van der Waals surface area contributed by atoms with Gasteiger partial charge < -0.3 is 34.6 Å². The second-order valence-electron chi connectivity index (χ2n) is 8.67. The highest BCUT2D eigenvalue weighted by Crippen LogP contribution is 2.41. The Labute approximate surface area is 230 Å². The van der Waals surface area contributed by atoms with Crippen LogP contribution in [0.15, 0.2) is 36.4 Å². The molecule has 202 valence electrons. The van der Waals surface area contributed by atoms with Crippen molar-refractivity contribution < 1.29 is 23.8 Å². The quantitative estimate of drug-likeness (QED) is 0.390. The van der Waals surface area contributed by atoms with Gasteiger partial charge >= 0.3 is 6.03 Å². The SMILES string of the molecule is CNC(=O)c1cc(Oc2ccc(NC(=O)N3CCN(C)CC3)c(Cl)c2Cl)c2ccc(OCCOC)cc2n1. The fraction of sp³-hybridized carbons (Fsp3) is 0.346. The first-order valence-corrected chi connectivity index (χ1v) is 12.7. The second kappa shape index (κ2) is 12.5. The lowest BCUT2D eigenvalue weighted by molar-refractivity contribution is 0.0958. The number of benzene rings is 2. The summed E-state index contributed by atoms with van der Waals surface area (Å²) in [4.78, 5) is 33.4. The molecule has 10 nitrogen and oxygen atoms in total. The average Bonchev–Trinajstić information content (AvgIpc) is 2.92. The molecule has 2 heterocycles. The normalized spacial score (nSPS) is 13.9. The van der Waals surface area contributed by atoms with Crippen molar-refractivity contribution in [1.82, 2.24) is 20.1 Å². The molecule has 12 heteroatoms. The van der Waals surface area contributed by atoms with Crippen molar-refractivity contribution in [2.75, 3.05) is 65.9 Å². The molecular formula is C26H29Cl2N5O5. The van der Waals surface area contributed by atoms with Crippen LogP contribution in [-0.4, -0.2) is 87.3 Å². The fourth-order valence-electron chi connectivity index (χ4n) is 3.87. The van der Waals surface area contributed by atoms with Crippen LogP contribution < -0.4 is 20.1 Å². The van der Waals surface area contributed by atoms with Crippen molar-refractivity contribution in [3.05, 3.63) is 52.1 Å². The maximum absolute atomic E-state index is 12.7. The number of amides is 3. The molecule has 3 amide bonds. The number of urea groups is 1. The average molecular weight is 562 g/mol. The van der Waals surface area contributed by atoms with Crippen LogP contribution in [0.1, 0.15) is 10.5 Å². The Morgan fingerprint density at radius 2 is 1.76 bits per heavy atom. The Hall–Kier alpha value is -3.31. The van der Waals surface area contributed by atoms with Gasteiger partial charge in [0.1, 0.15) is 34.6 Å². The smallest absolute Gasteiger partial charge is 0.321 e. The Morgan fingerprint density at radius 3 is 2.47 bits per heavy atom. The van der Waals surface area contributed by atoms with Crippen LogP contribution in [-0.2, 0) is 4.74 Å². The van der Waals surface area contributed by atoms with Crippen molar-refractivity contribution >= 4 is 51.7 Å². The zero-order valence-corrected chi connectivity index (χ0v) is 22.9. The zero-order chi connectivity index (χ0) is 27.2. The van der Waals surface area contributed by atoms with Crippen molar-refractivity contribution in [3.63, 3.8) is 0 Å². The Balaban J connectivity index is 1.60. The monoisotopic (exact) mass is 561 g/mol. The number of hydrogen-bond acceptors (Lipinski definition) is 7. The van der Waals surface area contributed by atoms with Crippen molar-refractivity contribution in [2.24, 2.45) is 0 Å². The summed E-state index contributed by atoms with van der Waals surface area (Å²) in [5.74, 6) is 0.798. The van der Waals surface area contributed by atoms with Crippen LogP contribution in [0.5, 0.6) is 17.2 Å². The van der Waals surface area contributed by atoms with E-state index in [0.29, 0.717) is 54.4 Å². The largest absolute Gasteiger partial charge is 0.491 e. The molecule has 1 aliphatic heterocycles. The maximum atomic E-state index is 12.7. The zero-order valence-electron chi connectivity index (χ0n) is 21.3. The van der Waals surface area contributed by atoms with Crippen molar-refractivity contribution in [3.8, 4) is 17.2 Å². The number of pyridine rings is 1. The van der Waals surface area contributed by atoms with E-state index >= 15 is 0 Å². The predicted octanol–water partition coefficient (Wildman–Crippen LogP) is 4.50. The van der Waals surface area contributed by atoms with Crippen LogP contribution >= 0.6 is 23.2 Å². The molecule has 0 unspecified atom stereocenters. The summed E-state index contributed by atoms with van der Waals surface area (Å²) >= 11 is 13.1. The summed E-state index contributed by atoms with van der Waals surface area (Å²) in [7, 11) is 5.13. The van der Waals surface area contributed by atoms with Gasteiger partial charge in [-0.25, -0.2) is 9.78 Å². The van der Waals surface area contributed by atoms with Crippen LogP contribution in [0, 0.1) is 0 Å². The molecule has 1 aliphatic rings. The number of nitrogens with one attached hydrogen (secondary N) is 2. The van der Waals surface area contributed by atoms with E-state index in [1.54, 1.807) is 42.3 Å². The number of carbonyl (C=O) groups excluding carboxylic acids is 2. The lowest BCUT2D eigenvalue weighted by Crippen LogP contribution is -2.48. The number of likely N-dealkylation sites (N-methyl/N-ethyl adjacent to an activating group) is 1. The summed E-state index contributed by atoms with van der Waals surface area (Å²) in [5.41, 5.74) is 1.02. The third kappa shape index (κ3) is 6.39. The second-order valence-corrected chi connectivity index (χ2v) is 9.42. The van der Waals surface area contributed by atoms with Gasteiger partial charge in [-0.05, 0) is 31.3 Å². The van der Waals surface area contributed by atoms with Crippen LogP contribution in [0.2, 0.25) is 10.0 Å². The van der Waals surface area contributed by atoms with Gasteiger partial charge in [-0.2, -0.15) is 0 Å². The molecule has 38 heavy (non-hydrogen) atoms. The molecule has 0 bridgehead atoms. The van der Waals surface area contributed by atoms with E-state index in [0.717, 1.165) is 13.1 Å². The highest BCUT2D eigenvalue weighted by atomic mass is 35.5. The van der Waals surface area contributed by atoms with Gasteiger partial charge in [-0.3, -0.25) is 4.79 Å². The lowest BCUT2D eigenvalue weighted by atomic mass is 10.1. The molecule has 2 N–H and O–H groups in total. The molecule has 0 saturated carbocycles. The molecule has 3 aromatic rings. The summed E-state index contributed by atoms with van der Waals surface area (Å²) in [6, 6.07) is 9.80. The number of halogens is 2. The molecule has 1 saturated heterocycles. The summed E-state index contributed by atoms with van der Waals surface area (Å²) in [6.45, 7) is 3.64.